The maximum absolute atomic E-state index is 5.18. The number of nitrogens with one attached hydrogen (secondary N) is 2. The molecular formula is C6H15BrN4. The molecule has 66 valence electrons. The maximum Gasteiger partial charge on any atom is 0.205 e. The number of halogens is 1. The fourth-order valence-electron chi connectivity index (χ4n) is 0.964. The molecule has 0 aromatic carbocycles. The van der Waals surface area contributed by atoms with Gasteiger partial charge in [-0.3, -0.25) is 10.4 Å². The zero-order valence-corrected chi connectivity index (χ0v) is 8.18. The fourth-order valence-corrected chi connectivity index (χ4v) is 0.964. The Bertz CT molecular complexity index is 126. The normalized spacial score (nSPS) is 22.8. The van der Waals surface area contributed by atoms with Crippen LogP contribution in [0.4, 0.5) is 0 Å². The Kier molecular flexibility index (Phi) is 6.25. The molecule has 1 aliphatic rings. The van der Waals surface area contributed by atoms with Gasteiger partial charge in [-0.15, -0.1) is 17.0 Å². The average Bonchev–Trinajstić information content (AvgIpc) is 1.87. The highest BCUT2D eigenvalue weighted by atomic mass is 79.9. The third-order valence-corrected chi connectivity index (χ3v) is 1.53. The van der Waals surface area contributed by atoms with Crippen LogP contribution in [0.1, 0.15) is 19.3 Å². The number of rotatable bonds is 0. The minimum Gasteiger partial charge on any atom is -0.355 e. The molecule has 1 aliphatic heterocycles. The number of hydrazine groups is 1. The molecule has 0 radical (unpaired) electrons. The van der Waals surface area contributed by atoms with Gasteiger partial charge in [0.15, 0.2) is 0 Å². The van der Waals surface area contributed by atoms with Gasteiger partial charge >= 0.3 is 0 Å². The summed E-state index contributed by atoms with van der Waals surface area (Å²) in [5.41, 5.74) is 2.51. The van der Waals surface area contributed by atoms with Crippen molar-refractivity contribution in [2.75, 3.05) is 13.1 Å². The summed E-state index contributed by atoms with van der Waals surface area (Å²) in [4.78, 5) is 4.17. The molecule has 0 unspecified atom stereocenters. The molecule has 1 heterocycles. The summed E-state index contributed by atoms with van der Waals surface area (Å²) < 4.78 is 0. The fraction of sp³-hybridized carbons (Fsp3) is 0.833. The molecule has 0 spiro atoms. The van der Waals surface area contributed by atoms with Gasteiger partial charge < -0.3 is 5.32 Å². The molecule has 0 aromatic rings. The van der Waals surface area contributed by atoms with Gasteiger partial charge in [0.05, 0.1) is 0 Å². The monoisotopic (exact) mass is 222 g/mol. The third kappa shape index (κ3) is 4.21. The van der Waals surface area contributed by atoms with E-state index in [0.29, 0.717) is 0 Å². The van der Waals surface area contributed by atoms with Crippen molar-refractivity contribution >= 4 is 22.9 Å². The first kappa shape index (κ1) is 10.7. The Hall–Kier alpha value is -0.290. The van der Waals surface area contributed by atoms with Gasteiger partial charge in [0.1, 0.15) is 0 Å². The lowest BCUT2D eigenvalue weighted by atomic mass is 10.2. The zero-order valence-electron chi connectivity index (χ0n) is 6.47. The van der Waals surface area contributed by atoms with Gasteiger partial charge in [-0.1, -0.05) is 0 Å². The van der Waals surface area contributed by atoms with Crippen LogP contribution < -0.4 is 16.6 Å². The summed E-state index contributed by atoms with van der Waals surface area (Å²) in [5.74, 6) is 5.90. The molecule has 0 fully saturated rings. The van der Waals surface area contributed by atoms with E-state index >= 15 is 0 Å². The highest BCUT2D eigenvalue weighted by Gasteiger charge is 1.97. The highest BCUT2D eigenvalue weighted by Crippen LogP contribution is 1.96. The standard InChI is InChI=1S/C6H14N4.BrH/c7-10-6-8-4-2-1-3-5-9-6;/h1-5,7H2,(H2,8,9,10);1H. The van der Waals surface area contributed by atoms with Gasteiger partial charge in [0.2, 0.25) is 5.96 Å². The van der Waals surface area contributed by atoms with Crippen LogP contribution in [-0.2, 0) is 0 Å². The summed E-state index contributed by atoms with van der Waals surface area (Å²) in [7, 11) is 0. The van der Waals surface area contributed by atoms with E-state index in [1.807, 2.05) is 0 Å². The van der Waals surface area contributed by atoms with Crippen LogP contribution in [0.3, 0.4) is 0 Å². The van der Waals surface area contributed by atoms with Crippen molar-refractivity contribution in [1.29, 1.82) is 0 Å². The Labute approximate surface area is 77.4 Å². The number of nitrogens with two attached hydrogens (primary N) is 1. The minimum atomic E-state index is 0. The van der Waals surface area contributed by atoms with Crippen molar-refractivity contribution in [3.05, 3.63) is 0 Å². The van der Waals surface area contributed by atoms with E-state index in [9.17, 15) is 0 Å². The van der Waals surface area contributed by atoms with Crippen LogP contribution in [-0.4, -0.2) is 19.0 Å². The first-order valence-electron chi connectivity index (χ1n) is 3.68. The lowest BCUT2D eigenvalue weighted by Crippen LogP contribution is -2.42. The van der Waals surface area contributed by atoms with E-state index in [0.717, 1.165) is 19.0 Å². The predicted molar refractivity (Wildman–Crippen MR) is 51.8 cm³/mol. The Morgan fingerprint density at radius 1 is 1.36 bits per heavy atom. The van der Waals surface area contributed by atoms with Crippen LogP contribution >= 0.6 is 17.0 Å². The molecule has 0 bridgehead atoms. The average molecular weight is 223 g/mol. The molecule has 4 N–H and O–H groups in total. The van der Waals surface area contributed by atoms with Crippen molar-refractivity contribution in [2.45, 2.75) is 19.3 Å². The number of aliphatic imine (C=N–C) groups is 1. The quantitative estimate of drug-likeness (QED) is 0.405. The van der Waals surface area contributed by atoms with Crippen molar-refractivity contribution in [3.8, 4) is 0 Å². The maximum atomic E-state index is 5.18. The molecule has 0 aromatic heterocycles. The number of hydrogen-bond acceptors (Lipinski definition) is 4. The van der Waals surface area contributed by atoms with Crippen molar-refractivity contribution in [1.82, 2.24) is 10.7 Å². The number of hydrogen-bond donors (Lipinski definition) is 3. The molecule has 4 nitrogen and oxygen atoms in total. The Morgan fingerprint density at radius 3 is 2.91 bits per heavy atom. The molecule has 11 heavy (non-hydrogen) atoms. The summed E-state index contributed by atoms with van der Waals surface area (Å²) in [6.07, 6.45) is 3.64. The molecule has 5 heteroatoms. The highest BCUT2D eigenvalue weighted by molar-refractivity contribution is 8.93. The van der Waals surface area contributed by atoms with E-state index in [4.69, 9.17) is 5.84 Å². The molecular weight excluding hydrogens is 208 g/mol. The molecule has 0 amide bonds. The summed E-state index contributed by atoms with van der Waals surface area (Å²) in [6.45, 7) is 1.86. The van der Waals surface area contributed by atoms with Gasteiger partial charge in [-0.05, 0) is 19.3 Å². The lowest BCUT2D eigenvalue weighted by molar-refractivity contribution is 0.640. The second kappa shape index (κ2) is 6.42. The van der Waals surface area contributed by atoms with E-state index in [-0.39, 0.29) is 17.0 Å². The third-order valence-electron chi connectivity index (χ3n) is 1.53. The van der Waals surface area contributed by atoms with Gasteiger partial charge in [-0.25, -0.2) is 5.84 Å². The second-order valence-electron chi connectivity index (χ2n) is 2.36. The van der Waals surface area contributed by atoms with Crippen molar-refractivity contribution < 1.29 is 0 Å². The van der Waals surface area contributed by atoms with E-state index in [2.05, 4.69) is 15.7 Å². The van der Waals surface area contributed by atoms with E-state index in [1.165, 1.54) is 19.3 Å². The predicted octanol–water partition coefficient (Wildman–Crippen LogP) is 0.157. The van der Waals surface area contributed by atoms with Gasteiger partial charge in [0.25, 0.3) is 0 Å². The first-order valence-corrected chi connectivity index (χ1v) is 3.68. The van der Waals surface area contributed by atoms with Crippen LogP contribution in [0.2, 0.25) is 0 Å². The van der Waals surface area contributed by atoms with E-state index < -0.39 is 0 Å². The molecule has 1 rings (SSSR count). The Balaban J connectivity index is 0.000001000. The largest absolute Gasteiger partial charge is 0.355 e. The number of nitrogens with zero attached hydrogens (tertiary/aromatic N) is 1. The second-order valence-corrected chi connectivity index (χ2v) is 2.36. The Morgan fingerprint density at radius 2 is 2.18 bits per heavy atom. The minimum absolute atomic E-state index is 0. The summed E-state index contributed by atoms with van der Waals surface area (Å²) in [5, 5.41) is 3.09. The van der Waals surface area contributed by atoms with Crippen LogP contribution in [0.15, 0.2) is 4.99 Å². The molecule has 0 saturated heterocycles. The lowest BCUT2D eigenvalue weighted by Gasteiger charge is -2.11. The van der Waals surface area contributed by atoms with Gasteiger partial charge in [-0.2, -0.15) is 0 Å². The summed E-state index contributed by atoms with van der Waals surface area (Å²) in [6, 6.07) is 0. The van der Waals surface area contributed by atoms with Crippen molar-refractivity contribution in [2.24, 2.45) is 10.8 Å². The van der Waals surface area contributed by atoms with Crippen LogP contribution in [0.25, 0.3) is 0 Å². The molecule has 0 atom stereocenters. The SMILES string of the molecule is Br.NN/C1=N/CCCCCN1. The number of guanidine groups is 1. The van der Waals surface area contributed by atoms with E-state index in [1.54, 1.807) is 0 Å². The molecule has 0 aliphatic carbocycles. The zero-order chi connectivity index (χ0) is 7.23. The summed E-state index contributed by atoms with van der Waals surface area (Å²) >= 11 is 0. The smallest absolute Gasteiger partial charge is 0.205 e. The topological polar surface area (TPSA) is 62.4 Å². The van der Waals surface area contributed by atoms with Crippen LogP contribution in [0.5, 0.6) is 0 Å². The van der Waals surface area contributed by atoms with Crippen LogP contribution in [0, 0.1) is 0 Å². The molecule has 0 saturated carbocycles. The van der Waals surface area contributed by atoms with Gasteiger partial charge in [0, 0.05) is 13.1 Å². The first-order chi connectivity index (χ1) is 4.93. The van der Waals surface area contributed by atoms with Crippen molar-refractivity contribution in [3.63, 3.8) is 0 Å².